The number of nitrogens with zero attached hydrogens (tertiary/aromatic N) is 1. The Morgan fingerprint density at radius 1 is 1.16 bits per heavy atom. The number of ether oxygens (including phenoxy) is 2. The molecule has 5 heteroatoms. The van der Waals surface area contributed by atoms with E-state index in [1.807, 2.05) is 62.6 Å². The van der Waals surface area contributed by atoms with Gasteiger partial charge in [-0.2, -0.15) is 0 Å². The Balaban J connectivity index is 1.67. The summed E-state index contributed by atoms with van der Waals surface area (Å²) in [7, 11) is 3.98. The fourth-order valence-corrected chi connectivity index (χ4v) is 2.69. The summed E-state index contributed by atoms with van der Waals surface area (Å²) in [6, 6.07) is 15.5. The Hall–Kier alpha value is -2.79. The molecule has 1 atom stereocenters. The zero-order chi connectivity index (χ0) is 17.6. The normalized spacial score (nSPS) is 14.0. The van der Waals surface area contributed by atoms with Crippen molar-refractivity contribution in [3.63, 3.8) is 0 Å². The van der Waals surface area contributed by atoms with Gasteiger partial charge in [0.05, 0.1) is 6.04 Å². The molecule has 1 aliphatic rings. The first-order chi connectivity index (χ1) is 12.1. The van der Waals surface area contributed by atoms with Gasteiger partial charge in [-0.25, -0.2) is 0 Å². The summed E-state index contributed by atoms with van der Waals surface area (Å²) in [6.07, 6.45) is 3.32. The maximum Gasteiger partial charge on any atom is 0.244 e. The minimum absolute atomic E-state index is 0.0647. The second-order valence-electron chi connectivity index (χ2n) is 6.18. The number of hydrogen-bond acceptors (Lipinski definition) is 4. The lowest BCUT2D eigenvalue weighted by Crippen LogP contribution is -2.34. The third-order valence-corrected chi connectivity index (χ3v) is 3.89. The van der Waals surface area contributed by atoms with Gasteiger partial charge in [0.1, 0.15) is 0 Å². The summed E-state index contributed by atoms with van der Waals surface area (Å²) in [5.41, 5.74) is 1.98. The lowest BCUT2D eigenvalue weighted by molar-refractivity contribution is -0.117. The first kappa shape index (κ1) is 17.0. The average molecular weight is 338 g/mol. The number of rotatable bonds is 6. The molecule has 2 aromatic rings. The highest BCUT2D eigenvalue weighted by atomic mass is 16.7. The molecule has 0 aliphatic carbocycles. The van der Waals surface area contributed by atoms with Gasteiger partial charge in [0.15, 0.2) is 11.5 Å². The molecule has 3 rings (SSSR count). The first-order valence-corrected chi connectivity index (χ1v) is 8.20. The van der Waals surface area contributed by atoms with Gasteiger partial charge < -0.3 is 19.7 Å². The van der Waals surface area contributed by atoms with Crippen LogP contribution in [0.3, 0.4) is 0 Å². The Kier molecular flexibility index (Phi) is 5.36. The highest BCUT2D eigenvalue weighted by molar-refractivity contribution is 5.92. The quantitative estimate of drug-likeness (QED) is 0.823. The Labute approximate surface area is 147 Å². The SMILES string of the molecule is CN(C)C[C@@H](NC(=O)/C=C/c1ccc2c(c1)OCO2)c1ccccc1. The van der Waals surface area contributed by atoms with Crippen LogP contribution in [0.1, 0.15) is 17.2 Å². The van der Waals surface area contributed by atoms with Gasteiger partial charge in [-0.1, -0.05) is 36.4 Å². The van der Waals surface area contributed by atoms with Crippen molar-refractivity contribution < 1.29 is 14.3 Å². The van der Waals surface area contributed by atoms with E-state index in [9.17, 15) is 4.79 Å². The van der Waals surface area contributed by atoms with Crippen LogP contribution in [0.4, 0.5) is 0 Å². The molecule has 1 heterocycles. The molecule has 25 heavy (non-hydrogen) atoms. The van der Waals surface area contributed by atoms with Gasteiger partial charge in [0.25, 0.3) is 0 Å². The molecule has 1 aliphatic heterocycles. The van der Waals surface area contributed by atoms with E-state index in [2.05, 4.69) is 10.2 Å². The largest absolute Gasteiger partial charge is 0.454 e. The van der Waals surface area contributed by atoms with Crippen molar-refractivity contribution in [3.05, 3.63) is 65.7 Å². The molecular weight excluding hydrogens is 316 g/mol. The van der Waals surface area contributed by atoms with Crippen molar-refractivity contribution in [2.45, 2.75) is 6.04 Å². The molecule has 0 unspecified atom stereocenters. The molecule has 1 amide bonds. The molecule has 130 valence electrons. The Morgan fingerprint density at radius 2 is 1.92 bits per heavy atom. The van der Waals surface area contributed by atoms with Crippen LogP contribution < -0.4 is 14.8 Å². The van der Waals surface area contributed by atoms with E-state index in [4.69, 9.17) is 9.47 Å². The average Bonchev–Trinajstić information content (AvgIpc) is 3.07. The summed E-state index contributed by atoms with van der Waals surface area (Å²) in [5, 5.41) is 3.06. The number of benzene rings is 2. The predicted molar refractivity (Wildman–Crippen MR) is 97.5 cm³/mol. The fourth-order valence-electron chi connectivity index (χ4n) is 2.69. The summed E-state index contributed by atoms with van der Waals surface area (Å²) in [4.78, 5) is 14.4. The summed E-state index contributed by atoms with van der Waals surface area (Å²) < 4.78 is 10.6. The van der Waals surface area contributed by atoms with Crippen molar-refractivity contribution in [1.29, 1.82) is 0 Å². The number of hydrogen-bond donors (Lipinski definition) is 1. The summed E-state index contributed by atoms with van der Waals surface area (Å²) >= 11 is 0. The molecule has 0 saturated heterocycles. The first-order valence-electron chi connectivity index (χ1n) is 8.20. The van der Waals surface area contributed by atoms with Crippen molar-refractivity contribution in [3.8, 4) is 11.5 Å². The maximum atomic E-state index is 12.3. The van der Waals surface area contributed by atoms with Crippen LogP contribution >= 0.6 is 0 Å². The van der Waals surface area contributed by atoms with E-state index in [1.165, 1.54) is 0 Å². The molecule has 0 saturated carbocycles. The lowest BCUT2D eigenvalue weighted by atomic mass is 10.1. The zero-order valence-corrected chi connectivity index (χ0v) is 14.4. The predicted octanol–water partition coefficient (Wildman–Crippen LogP) is 2.85. The minimum atomic E-state index is -0.131. The number of amides is 1. The van der Waals surface area contributed by atoms with E-state index in [-0.39, 0.29) is 18.7 Å². The molecule has 0 bridgehead atoms. The van der Waals surface area contributed by atoms with Crippen molar-refractivity contribution in [2.24, 2.45) is 0 Å². The van der Waals surface area contributed by atoms with E-state index in [0.717, 1.165) is 23.4 Å². The Bertz CT molecular complexity index is 757. The number of fused-ring (bicyclic) bond motifs is 1. The third-order valence-electron chi connectivity index (χ3n) is 3.89. The topological polar surface area (TPSA) is 50.8 Å². The molecule has 5 nitrogen and oxygen atoms in total. The lowest BCUT2D eigenvalue weighted by Gasteiger charge is -2.22. The van der Waals surface area contributed by atoms with E-state index in [0.29, 0.717) is 5.75 Å². The second-order valence-corrected chi connectivity index (χ2v) is 6.18. The minimum Gasteiger partial charge on any atom is -0.454 e. The van der Waals surface area contributed by atoms with Crippen LogP contribution in [0.2, 0.25) is 0 Å². The van der Waals surface area contributed by atoms with Crippen LogP contribution in [0.15, 0.2) is 54.6 Å². The van der Waals surface area contributed by atoms with Gasteiger partial charge in [-0.3, -0.25) is 4.79 Å². The van der Waals surface area contributed by atoms with E-state index < -0.39 is 0 Å². The molecular formula is C20H22N2O3. The van der Waals surface area contributed by atoms with Gasteiger partial charge in [-0.15, -0.1) is 0 Å². The van der Waals surface area contributed by atoms with E-state index >= 15 is 0 Å². The fraction of sp³-hybridized carbons (Fsp3) is 0.250. The molecule has 0 fully saturated rings. The summed E-state index contributed by atoms with van der Waals surface area (Å²) in [6.45, 7) is 0.972. The standard InChI is InChI=1S/C20H22N2O3/c1-22(2)13-17(16-6-4-3-5-7-16)21-20(23)11-9-15-8-10-18-19(12-15)25-14-24-18/h3-12,17H,13-14H2,1-2H3,(H,21,23)/b11-9+/t17-/m1/s1. The van der Waals surface area contributed by atoms with Gasteiger partial charge >= 0.3 is 0 Å². The molecule has 1 N–H and O–H groups in total. The summed E-state index contributed by atoms with van der Waals surface area (Å²) in [5.74, 6) is 1.31. The smallest absolute Gasteiger partial charge is 0.244 e. The van der Waals surface area contributed by atoms with E-state index in [1.54, 1.807) is 12.2 Å². The van der Waals surface area contributed by atoms with Crippen LogP contribution in [0.25, 0.3) is 6.08 Å². The van der Waals surface area contributed by atoms with Crippen LogP contribution in [-0.4, -0.2) is 38.2 Å². The zero-order valence-electron chi connectivity index (χ0n) is 14.4. The van der Waals surface area contributed by atoms with Crippen LogP contribution in [0.5, 0.6) is 11.5 Å². The molecule has 0 radical (unpaired) electrons. The number of likely N-dealkylation sites (N-methyl/N-ethyl adjacent to an activating group) is 1. The highest BCUT2D eigenvalue weighted by Crippen LogP contribution is 2.32. The Morgan fingerprint density at radius 3 is 2.68 bits per heavy atom. The monoisotopic (exact) mass is 338 g/mol. The van der Waals surface area contributed by atoms with Crippen LogP contribution in [-0.2, 0) is 4.79 Å². The number of carbonyl (C=O) groups excluding carboxylic acids is 1. The second kappa shape index (κ2) is 7.85. The third kappa shape index (κ3) is 4.61. The maximum absolute atomic E-state index is 12.3. The van der Waals surface area contributed by atoms with Gasteiger partial charge in [0, 0.05) is 12.6 Å². The number of carbonyl (C=O) groups is 1. The highest BCUT2D eigenvalue weighted by Gasteiger charge is 2.15. The molecule has 0 aromatic heterocycles. The van der Waals surface area contributed by atoms with Gasteiger partial charge in [-0.05, 0) is 43.4 Å². The molecule has 0 spiro atoms. The van der Waals surface area contributed by atoms with Crippen molar-refractivity contribution in [2.75, 3.05) is 27.4 Å². The molecule has 2 aromatic carbocycles. The number of nitrogens with one attached hydrogen (secondary N) is 1. The van der Waals surface area contributed by atoms with Crippen LogP contribution in [0, 0.1) is 0 Å². The van der Waals surface area contributed by atoms with Crippen molar-refractivity contribution in [1.82, 2.24) is 10.2 Å². The van der Waals surface area contributed by atoms with Gasteiger partial charge in [0.2, 0.25) is 12.7 Å². The van der Waals surface area contributed by atoms with Crippen molar-refractivity contribution >= 4 is 12.0 Å².